The van der Waals surface area contributed by atoms with Crippen molar-refractivity contribution >= 4 is 50.5 Å². The minimum atomic E-state index is -3.18. The molecule has 8 rings (SSSR count). The molecule has 0 bridgehead atoms. The molecule has 19 nitrogen and oxygen atoms in total. The molecule has 6 heterocycles. The van der Waals surface area contributed by atoms with Crippen molar-refractivity contribution in [3.05, 3.63) is 97.1 Å². The second-order valence-corrected chi connectivity index (χ2v) is 14.4. The van der Waals surface area contributed by atoms with Crippen LogP contribution >= 0.6 is 16.5 Å². The van der Waals surface area contributed by atoms with E-state index >= 15 is 0 Å². The van der Waals surface area contributed by atoms with Crippen LogP contribution in [0.5, 0.6) is 0 Å². The monoisotopic (exact) mass is 789 g/mol. The number of ether oxygens (including phenoxy) is 2. The average Bonchev–Trinajstić information content (AvgIpc) is 4.00. The van der Waals surface area contributed by atoms with E-state index in [9.17, 15) is 19.1 Å². The van der Waals surface area contributed by atoms with Crippen molar-refractivity contribution in [3.8, 4) is 0 Å². The molecule has 2 aliphatic rings. The summed E-state index contributed by atoms with van der Waals surface area (Å²) in [5, 5.41) is 17.4. The Morgan fingerprint density at radius 2 is 1.25 bits per heavy atom. The van der Waals surface area contributed by atoms with Gasteiger partial charge in [-0.15, -0.1) is 13.6 Å². The predicted octanol–water partition coefficient (Wildman–Crippen LogP) is 3.92. The number of nitrogens with one attached hydrogen (secondary N) is 2. The Morgan fingerprint density at radius 1 is 0.727 bits per heavy atom. The molecule has 0 amide bonds. The number of benzene rings is 2. The molecule has 21 heteroatoms. The Kier molecular flexibility index (Phi) is 11.3. The van der Waals surface area contributed by atoms with Crippen LogP contribution in [0, 0.1) is 0 Å². The van der Waals surface area contributed by atoms with E-state index in [0.29, 0.717) is 47.1 Å². The molecule has 8 atom stereocenters. The molecule has 284 valence electrons. The second kappa shape index (κ2) is 16.8. The van der Waals surface area contributed by atoms with Crippen LogP contribution in [0.4, 0.5) is 11.6 Å². The van der Waals surface area contributed by atoms with E-state index in [2.05, 4.69) is 40.5 Å². The van der Waals surface area contributed by atoms with Crippen molar-refractivity contribution in [1.29, 1.82) is 0 Å². The Balaban J connectivity index is 0.888. The number of aliphatic hydroxyl groups is 1. The highest BCUT2D eigenvalue weighted by molar-refractivity contribution is 7.33. The zero-order chi connectivity index (χ0) is 37.7. The molecule has 0 saturated carbocycles. The van der Waals surface area contributed by atoms with E-state index < -0.39 is 53.4 Å². The Morgan fingerprint density at radius 3 is 1.82 bits per heavy atom. The van der Waals surface area contributed by atoms with Gasteiger partial charge in [0.05, 0.1) is 18.8 Å². The van der Waals surface area contributed by atoms with Crippen molar-refractivity contribution < 1.29 is 42.2 Å². The third-order valence-electron chi connectivity index (χ3n) is 9.24. The zero-order valence-electron chi connectivity index (χ0n) is 29.0. The fraction of sp³-hybridized carbons (Fsp3) is 0.353. The highest BCUT2D eigenvalue weighted by atomic mass is 31.1. The second-order valence-electron chi connectivity index (χ2n) is 12.8. The molecular formula is C34H35N10O9P2+. The molecule has 2 saturated heterocycles. The van der Waals surface area contributed by atoms with Crippen LogP contribution in [0.15, 0.2) is 86.0 Å². The molecule has 3 N–H and O–H groups in total. The molecule has 0 aliphatic carbocycles. The number of fused-ring (bicyclic) bond motifs is 2. The number of aliphatic hydroxyl groups excluding tert-OH is 1. The van der Waals surface area contributed by atoms with Gasteiger partial charge >= 0.3 is 16.5 Å². The topological polar surface area (TPSA) is 235 Å². The van der Waals surface area contributed by atoms with E-state index in [-0.39, 0.29) is 26.1 Å². The normalized spacial score (nSPS) is 23.0. The van der Waals surface area contributed by atoms with Crippen LogP contribution in [0.2, 0.25) is 0 Å². The summed E-state index contributed by atoms with van der Waals surface area (Å²) >= 11 is 0. The summed E-state index contributed by atoms with van der Waals surface area (Å²) in [6.45, 7) is 0.418. The SMILES string of the molecule is O=[P+]([O-])OC[C@H]1O[C@@H](n2cnc3c(NCc4ccccc4)ncnc32)C[C@@H]1O[P+](=O)OC[C@H]1O[C@@H](n2cnc3c(NCc4ccccc4)ncnc32)C[C@@H]1O. The number of rotatable bonds is 16. The number of aromatic nitrogens is 8. The predicted molar refractivity (Wildman–Crippen MR) is 193 cm³/mol. The molecule has 55 heavy (non-hydrogen) atoms. The van der Waals surface area contributed by atoms with Gasteiger partial charge in [-0.2, -0.15) is 0 Å². The van der Waals surface area contributed by atoms with E-state index in [4.69, 9.17) is 23.0 Å². The quantitative estimate of drug-likeness (QED) is 0.118. The third kappa shape index (κ3) is 8.50. The first-order chi connectivity index (χ1) is 26.9. The molecule has 0 radical (unpaired) electrons. The van der Waals surface area contributed by atoms with E-state index in [1.165, 1.54) is 19.0 Å². The van der Waals surface area contributed by atoms with Gasteiger partial charge < -0.3 is 30.1 Å². The molecule has 2 aliphatic heterocycles. The Bertz CT molecular complexity index is 2270. The molecule has 2 fully saturated rings. The van der Waals surface area contributed by atoms with Gasteiger partial charge in [-0.3, -0.25) is 9.13 Å². The number of nitrogens with zero attached hydrogens (tertiary/aromatic N) is 8. The standard InChI is InChI=1S/C34H35N10O9P2/c45-23-11-27(43-19-41-29-31(37-17-39-33(29)43)35-13-21-7-3-1-4-8-21)51-25(23)15-50-55(48)53-24-12-28(52-26(24)16-49-54(46)47)44-20-42-30-32(38-18-40-34(30)44)36-14-22-9-5-2-6-10-22/h1-10,17-20,23-28,45H,11-16H2,(H,35,37,39)(H,36,38,40)/q+1/t23-,24-,25+,26+,27+,28+/m0/s1. The smallest absolute Gasteiger partial charge is 0.566 e. The zero-order valence-corrected chi connectivity index (χ0v) is 30.8. The number of imidazole rings is 2. The van der Waals surface area contributed by atoms with Crippen LogP contribution in [-0.2, 0) is 45.3 Å². The van der Waals surface area contributed by atoms with Gasteiger partial charge in [-0.05, 0) is 15.7 Å². The summed E-state index contributed by atoms with van der Waals surface area (Å²) in [4.78, 5) is 37.8. The first kappa shape index (κ1) is 37.0. The molecule has 2 aromatic carbocycles. The summed E-state index contributed by atoms with van der Waals surface area (Å²) < 4.78 is 56.2. The van der Waals surface area contributed by atoms with E-state index in [1.807, 2.05) is 60.7 Å². The van der Waals surface area contributed by atoms with Gasteiger partial charge in [-0.1, -0.05) is 60.7 Å². The van der Waals surface area contributed by atoms with Crippen molar-refractivity contribution in [2.45, 2.75) is 62.8 Å². The van der Waals surface area contributed by atoms with Crippen molar-refractivity contribution in [1.82, 2.24) is 39.0 Å². The number of hydrogen-bond donors (Lipinski definition) is 3. The third-order valence-corrected chi connectivity index (χ3v) is 10.4. The van der Waals surface area contributed by atoms with Gasteiger partial charge in [0.15, 0.2) is 34.0 Å². The van der Waals surface area contributed by atoms with Crippen LogP contribution < -0.4 is 15.5 Å². The fourth-order valence-corrected chi connectivity index (χ4v) is 7.57. The highest BCUT2D eigenvalue weighted by Gasteiger charge is 2.46. The summed E-state index contributed by atoms with van der Waals surface area (Å²) in [6, 6.07) is 19.7. The van der Waals surface area contributed by atoms with Crippen LogP contribution in [0.3, 0.4) is 0 Å². The van der Waals surface area contributed by atoms with Crippen LogP contribution in [0.1, 0.15) is 36.4 Å². The molecule has 6 aromatic rings. The number of hydrogen-bond acceptors (Lipinski definition) is 17. The molecule has 4 aromatic heterocycles. The van der Waals surface area contributed by atoms with Gasteiger partial charge in [0.25, 0.3) is 0 Å². The lowest BCUT2D eigenvalue weighted by Crippen LogP contribution is -2.28. The van der Waals surface area contributed by atoms with Gasteiger partial charge in [0, 0.05) is 30.5 Å². The lowest BCUT2D eigenvalue weighted by atomic mass is 10.2. The molecule has 2 unspecified atom stereocenters. The minimum absolute atomic E-state index is 0.138. The van der Waals surface area contributed by atoms with Crippen LogP contribution in [0.25, 0.3) is 22.3 Å². The lowest BCUT2D eigenvalue weighted by Gasteiger charge is -2.14. The van der Waals surface area contributed by atoms with Crippen molar-refractivity contribution in [2.75, 3.05) is 23.8 Å². The Hall–Kier alpha value is -4.94. The first-order valence-corrected chi connectivity index (χ1v) is 19.5. The van der Waals surface area contributed by atoms with E-state index in [1.54, 1.807) is 15.5 Å². The summed E-state index contributed by atoms with van der Waals surface area (Å²) in [5.41, 5.74) is 4.15. The maximum absolute atomic E-state index is 13.1. The minimum Gasteiger partial charge on any atom is -0.566 e. The maximum atomic E-state index is 13.1. The first-order valence-electron chi connectivity index (χ1n) is 17.3. The number of anilines is 2. The highest BCUT2D eigenvalue weighted by Crippen LogP contribution is 2.40. The Labute approximate surface area is 315 Å². The van der Waals surface area contributed by atoms with Gasteiger partial charge in [0.2, 0.25) is 0 Å². The van der Waals surface area contributed by atoms with Crippen molar-refractivity contribution in [2.24, 2.45) is 0 Å². The summed E-state index contributed by atoms with van der Waals surface area (Å²) in [7, 11) is -5.96. The lowest BCUT2D eigenvalue weighted by molar-refractivity contribution is -0.188. The largest absolute Gasteiger partial charge is 0.697 e. The summed E-state index contributed by atoms with van der Waals surface area (Å²) in [6.07, 6.45) is 1.28. The fourth-order valence-electron chi connectivity index (χ4n) is 6.52. The van der Waals surface area contributed by atoms with Gasteiger partial charge in [-0.25, -0.2) is 29.9 Å². The molecular weight excluding hydrogens is 754 g/mol. The summed E-state index contributed by atoms with van der Waals surface area (Å²) in [5.74, 6) is 1.07. The van der Waals surface area contributed by atoms with Gasteiger partial charge in [0.1, 0.15) is 56.6 Å². The average molecular weight is 790 g/mol. The van der Waals surface area contributed by atoms with Crippen LogP contribution in [-0.4, -0.2) is 81.8 Å². The van der Waals surface area contributed by atoms with Crippen molar-refractivity contribution in [3.63, 3.8) is 0 Å². The molecule has 0 spiro atoms. The maximum Gasteiger partial charge on any atom is 0.697 e. The van der Waals surface area contributed by atoms with E-state index in [0.717, 1.165) is 11.1 Å².